The molecule has 0 saturated carbocycles. The van der Waals surface area contributed by atoms with E-state index in [2.05, 4.69) is 10.3 Å². The second kappa shape index (κ2) is 7.53. The van der Waals surface area contributed by atoms with Crippen molar-refractivity contribution in [3.63, 3.8) is 0 Å². The smallest absolute Gasteiger partial charge is 0.340 e. The third-order valence-corrected chi connectivity index (χ3v) is 3.62. The van der Waals surface area contributed by atoms with Crippen molar-refractivity contribution in [3.05, 3.63) is 77.7 Å². The molecule has 0 atom stereocenters. The van der Waals surface area contributed by atoms with E-state index in [-0.39, 0.29) is 6.54 Å². The van der Waals surface area contributed by atoms with E-state index < -0.39 is 24.3 Å². The van der Waals surface area contributed by atoms with Gasteiger partial charge in [0.25, 0.3) is 5.91 Å². The Morgan fingerprint density at radius 1 is 1.04 bits per heavy atom. The van der Waals surface area contributed by atoms with Crippen LogP contribution in [0.2, 0.25) is 0 Å². The first kappa shape index (κ1) is 16.6. The van der Waals surface area contributed by atoms with Gasteiger partial charge in [-0.3, -0.25) is 9.78 Å². The van der Waals surface area contributed by atoms with Gasteiger partial charge in [-0.2, -0.15) is 0 Å². The summed E-state index contributed by atoms with van der Waals surface area (Å²) in [5, 5.41) is 3.32. The van der Waals surface area contributed by atoms with Crippen LogP contribution in [0, 0.1) is 5.82 Å². The Hall–Kier alpha value is -3.28. The number of nitrogens with one attached hydrogen (secondary N) is 1. The number of amides is 1. The number of halogens is 1. The number of benzene rings is 2. The van der Waals surface area contributed by atoms with Crippen LogP contribution in [0.15, 0.2) is 60.8 Å². The van der Waals surface area contributed by atoms with Crippen molar-refractivity contribution in [2.45, 2.75) is 6.54 Å². The predicted octanol–water partition coefficient (Wildman–Crippen LogP) is 2.85. The van der Waals surface area contributed by atoms with Gasteiger partial charge in [-0.25, -0.2) is 9.18 Å². The topological polar surface area (TPSA) is 68.3 Å². The van der Waals surface area contributed by atoms with Crippen molar-refractivity contribution in [2.75, 3.05) is 6.61 Å². The molecule has 0 aliphatic heterocycles. The van der Waals surface area contributed by atoms with E-state index in [0.717, 1.165) is 5.39 Å². The Balaban J connectivity index is 1.58. The lowest BCUT2D eigenvalue weighted by atomic mass is 10.1. The van der Waals surface area contributed by atoms with Gasteiger partial charge in [0, 0.05) is 23.7 Å². The van der Waals surface area contributed by atoms with Crippen LogP contribution in [0.5, 0.6) is 0 Å². The molecule has 3 rings (SSSR count). The first-order valence-electron chi connectivity index (χ1n) is 7.66. The summed E-state index contributed by atoms with van der Waals surface area (Å²) in [5.74, 6) is -1.54. The molecule has 0 spiro atoms. The molecule has 3 aromatic rings. The molecule has 5 nitrogen and oxygen atoms in total. The summed E-state index contributed by atoms with van der Waals surface area (Å²) >= 11 is 0. The molecule has 126 valence electrons. The van der Waals surface area contributed by atoms with Gasteiger partial charge in [0.2, 0.25) is 0 Å². The van der Waals surface area contributed by atoms with Crippen molar-refractivity contribution in [1.82, 2.24) is 10.3 Å². The quantitative estimate of drug-likeness (QED) is 0.727. The van der Waals surface area contributed by atoms with Gasteiger partial charge in [-0.05, 0) is 18.2 Å². The van der Waals surface area contributed by atoms with Gasteiger partial charge in [0.05, 0.1) is 11.1 Å². The standard InChI is InChI=1S/C19H15FN2O3/c20-16-9-2-1-5-14(16)11-22-17(23)12-25-19(24)15-8-3-6-13-7-4-10-21-18(13)15/h1-10H,11-12H2,(H,22,23). The molecule has 0 aliphatic rings. The number of carbonyl (C=O) groups excluding carboxylic acids is 2. The largest absolute Gasteiger partial charge is 0.452 e. The normalized spacial score (nSPS) is 10.4. The van der Waals surface area contributed by atoms with Gasteiger partial charge < -0.3 is 10.1 Å². The van der Waals surface area contributed by atoms with E-state index in [1.54, 1.807) is 42.6 Å². The minimum atomic E-state index is -0.634. The zero-order chi connectivity index (χ0) is 17.6. The maximum atomic E-state index is 13.5. The number of nitrogens with zero attached hydrogens (tertiary/aromatic N) is 1. The fraction of sp³-hybridized carbons (Fsp3) is 0.105. The summed E-state index contributed by atoms with van der Waals surface area (Å²) in [6, 6.07) is 14.9. The van der Waals surface area contributed by atoms with Gasteiger partial charge in [0.1, 0.15) is 5.82 Å². The lowest BCUT2D eigenvalue weighted by Gasteiger charge is -2.08. The van der Waals surface area contributed by atoms with Crippen LogP contribution in [0.1, 0.15) is 15.9 Å². The van der Waals surface area contributed by atoms with Crippen LogP contribution in [-0.4, -0.2) is 23.5 Å². The number of rotatable bonds is 5. The molecule has 1 heterocycles. The third kappa shape index (κ3) is 3.98. The lowest BCUT2D eigenvalue weighted by Crippen LogP contribution is -2.28. The number of hydrogen-bond donors (Lipinski definition) is 1. The van der Waals surface area contributed by atoms with Crippen LogP contribution < -0.4 is 5.32 Å². The number of para-hydroxylation sites is 1. The second-order valence-corrected chi connectivity index (χ2v) is 5.32. The average molecular weight is 338 g/mol. The SMILES string of the molecule is O=C(COC(=O)c1cccc2cccnc12)NCc1ccccc1F. The molecule has 2 aromatic carbocycles. The minimum absolute atomic E-state index is 0.0267. The van der Waals surface area contributed by atoms with Crippen molar-refractivity contribution in [3.8, 4) is 0 Å². The maximum absolute atomic E-state index is 13.5. The van der Waals surface area contributed by atoms with Gasteiger partial charge >= 0.3 is 5.97 Å². The Morgan fingerprint density at radius 2 is 1.84 bits per heavy atom. The Morgan fingerprint density at radius 3 is 2.68 bits per heavy atom. The van der Waals surface area contributed by atoms with Crippen LogP contribution >= 0.6 is 0 Å². The van der Waals surface area contributed by atoms with Crippen LogP contribution in [-0.2, 0) is 16.1 Å². The second-order valence-electron chi connectivity index (χ2n) is 5.32. The molecular weight excluding hydrogens is 323 g/mol. The number of ether oxygens (including phenoxy) is 1. The summed E-state index contributed by atoms with van der Waals surface area (Å²) in [4.78, 5) is 28.2. The molecule has 1 amide bonds. The summed E-state index contributed by atoms with van der Waals surface area (Å²) < 4.78 is 18.5. The highest BCUT2D eigenvalue weighted by Crippen LogP contribution is 2.16. The van der Waals surface area contributed by atoms with Crippen LogP contribution in [0.25, 0.3) is 10.9 Å². The third-order valence-electron chi connectivity index (χ3n) is 3.62. The van der Waals surface area contributed by atoms with E-state index in [4.69, 9.17) is 4.74 Å². The highest BCUT2D eigenvalue weighted by atomic mass is 19.1. The summed E-state index contributed by atoms with van der Waals surface area (Å²) in [6.45, 7) is -0.421. The molecule has 0 unspecified atom stereocenters. The molecular formula is C19H15FN2O3. The van der Waals surface area contributed by atoms with Gasteiger partial charge in [-0.1, -0.05) is 36.4 Å². The highest BCUT2D eigenvalue weighted by Gasteiger charge is 2.14. The molecule has 0 aliphatic carbocycles. The number of pyridine rings is 1. The fourth-order valence-electron chi connectivity index (χ4n) is 2.36. The first-order chi connectivity index (χ1) is 12.1. The van der Waals surface area contributed by atoms with Crippen molar-refractivity contribution in [2.24, 2.45) is 0 Å². The van der Waals surface area contributed by atoms with Crippen LogP contribution in [0.3, 0.4) is 0 Å². The van der Waals surface area contributed by atoms with Crippen molar-refractivity contribution in [1.29, 1.82) is 0 Å². The lowest BCUT2D eigenvalue weighted by molar-refractivity contribution is -0.124. The maximum Gasteiger partial charge on any atom is 0.340 e. The Bertz CT molecular complexity index is 922. The number of esters is 1. The zero-order valence-electron chi connectivity index (χ0n) is 13.2. The first-order valence-corrected chi connectivity index (χ1v) is 7.66. The van der Waals surface area contributed by atoms with E-state index in [0.29, 0.717) is 16.6 Å². The molecule has 1 N–H and O–H groups in total. The average Bonchev–Trinajstić information content (AvgIpc) is 2.65. The van der Waals surface area contributed by atoms with Gasteiger partial charge in [-0.15, -0.1) is 0 Å². The Kier molecular flexibility index (Phi) is 4.99. The van der Waals surface area contributed by atoms with E-state index in [1.165, 1.54) is 6.07 Å². The molecule has 0 radical (unpaired) electrons. The van der Waals surface area contributed by atoms with Crippen LogP contribution in [0.4, 0.5) is 4.39 Å². The summed E-state index contributed by atoms with van der Waals surface area (Å²) in [5.41, 5.74) is 1.17. The number of aromatic nitrogens is 1. The fourth-order valence-corrected chi connectivity index (χ4v) is 2.36. The highest BCUT2D eigenvalue weighted by molar-refractivity contribution is 6.03. The molecule has 6 heteroatoms. The monoisotopic (exact) mass is 338 g/mol. The van der Waals surface area contributed by atoms with Crippen molar-refractivity contribution < 1.29 is 18.7 Å². The number of fused-ring (bicyclic) bond motifs is 1. The van der Waals surface area contributed by atoms with E-state index in [9.17, 15) is 14.0 Å². The molecule has 0 fully saturated rings. The minimum Gasteiger partial charge on any atom is -0.452 e. The number of carbonyl (C=O) groups is 2. The molecule has 0 saturated heterocycles. The van der Waals surface area contributed by atoms with Crippen molar-refractivity contribution >= 4 is 22.8 Å². The van der Waals surface area contributed by atoms with Gasteiger partial charge in [0.15, 0.2) is 6.61 Å². The molecule has 25 heavy (non-hydrogen) atoms. The predicted molar refractivity (Wildman–Crippen MR) is 90.3 cm³/mol. The summed E-state index contributed by atoms with van der Waals surface area (Å²) in [6.07, 6.45) is 1.58. The molecule has 1 aromatic heterocycles. The Labute approximate surface area is 143 Å². The summed E-state index contributed by atoms with van der Waals surface area (Å²) in [7, 11) is 0. The molecule has 0 bridgehead atoms. The van der Waals surface area contributed by atoms with E-state index in [1.807, 2.05) is 12.1 Å². The number of hydrogen-bond acceptors (Lipinski definition) is 4. The zero-order valence-corrected chi connectivity index (χ0v) is 13.2. The van der Waals surface area contributed by atoms with E-state index >= 15 is 0 Å².